The van der Waals surface area contributed by atoms with E-state index >= 15 is 0 Å². The van der Waals surface area contributed by atoms with E-state index in [0.717, 1.165) is 39.5 Å². The molecule has 2 aromatic carbocycles. The van der Waals surface area contributed by atoms with E-state index in [-0.39, 0.29) is 13.6 Å². The summed E-state index contributed by atoms with van der Waals surface area (Å²) in [6.07, 6.45) is 0. The summed E-state index contributed by atoms with van der Waals surface area (Å²) in [5, 5.41) is 0.913. The van der Waals surface area contributed by atoms with E-state index in [9.17, 15) is 0 Å². The molecule has 0 fully saturated rings. The Balaban J connectivity index is 1.73. The molecular weight excluding hydrogens is 334 g/mol. The largest absolute Gasteiger partial charge is 0.454 e. The van der Waals surface area contributed by atoms with Crippen LogP contribution in [-0.2, 0) is 6.54 Å². The third kappa shape index (κ3) is 2.48. The van der Waals surface area contributed by atoms with Crippen molar-refractivity contribution in [2.24, 2.45) is 0 Å². The summed E-state index contributed by atoms with van der Waals surface area (Å²) in [7, 11) is 3.99. The maximum absolute atomic E-state index is 5.54. The number of benzene rings is 2. The predicted molar refractivity (Wildman–Crippen MR) is 94.6 cm³/mol. The van der Waals surface area contributed by atoms with E-state index in [4.69, 9.17) is 28.9 Å². The van der Waals surface area contributed by atoms with Gasteiger partial charge in [0.15, 0.2) is 23.0 Å². The van der Waals surface area contributed by atoms with Gasteiger partial charge in [-0.3, -0.25) is 0 Å². The molecule has 0 radical (unpaired) electrons. The van der Waals surface area contributed by atoms with E-state index in [0.29, 0.717) is 18.0 Å². The van der Waals surface area contributed by atoms with Crippen LogP contribution in [0.2, 0.25) is 0 Å². The lowest BCUT2D eigenvalue weighted by Gasteiger charge is -2.13. The molecule has 0 amide bonds. The molecule has 132 valence electrons. The first kappa shape index (κ1) is 15.2. The molecular formula is C19H17N3O4. The first-order valence-electron chi connectivity index (χ1n) is 8.32. The van der Waals surface area contributed by atoms with Crippen molar-refractivity contribution in [2.45, 2.75) is 6.54 Å². The minimum atomic E-state index is 0.225. The Morgan fingerprint density at radius 1 is 0.846 bits per heavy atom. The third-order valence-electron chi connectivity index (χ3n) is 4.34. The topological polar surface area (TPSA) is 65.9 Å². The van der Waals surface area contributed by atoms with Crippen LogP contribution in [0.3, 0.4) is 0 Å². The maximum Gasteiger partial charge on any atom is 0.231 e. The fourth-order valence-electron chi connectivity index (χ4n) is 3.18. The van der Waals surface area contributed by atoms with E-state index in [1.807, 2.05) is 49.3 Å². The van der Waals surface area contributed by atoms with Gasteiger partial charge in [-0.25, -0.2) is 9.97 Å². The predicted octanol–water partition coefficient (Wildman–Crippen LogP) is 2.82. The molecule has 0 saturated carbocycles. The van der Waals surface area contributed by atoms with Crippen molar-refractivity contribution in [3.8, 4) is 34.3 Å². The number of hydrogen-bond donors (Lipinski definition) is 0. The number of aromatic nitrogens is 2. The summed E-state index contributed by atoms with van der Waals surface area (Å²) in [4.78, 5) is 11.6. The van der Waals surface area contributed by atoms with Crippen LogP contribution in [0.5, 0.6) is 23.0 Å². The van der Waals surface area contributed by atoms with Crippen LogP contribution >= 0.6 is 0 Å². The second-order valence-corrected chi connectivity index (χ2v) is 6.52. The molecule has 1 aromatic heterocycles. The minimum absolute atomic E-state index is 0.225. The third-order valence-corrected chi connectivity index (χ3v) is 4.34. The monoisotopic (exact) mass is 351 g/mol. The molecule has 2 aliphatic rings. The molecule has 0 aliphatic carbocycles. The van der Waals surface area contributed by atoms with Crippen LogP contribution in [0.1, 0.15) is 5.82 Å². The molecule has 3 aromatic rings. The number of rotatable bonds is 3. The average Bonchev–Trinajstić information content (AvgIpc) is 3.26. The van der Waals surface area contributed by atoms with Gasteiger partial charge in [0.1, 0.15) is 5.82 Å². The van der Waals surface area contributed by atoms with Crippen LogP contribution in [0.4, 0.5) is 0 Å². The smallest absolute Gasteiger partial charge is 0.231 e. The van der Waals surface area contributed by atoms with Crippen LogP contribution in [0.15, 0.2) is 30.3 Å². The van der Waals surface area contributed by atoms with Gasteiger partial charge in [-0.05, 0) is 38.4 Å². The molecule has 3 heterocycles. The van der Waals surface area contributed by atoms with E-state index in [1.54, 1.807) is 0 Å². The van der Waals surface area contributed by atoms with Crippen molar-refractivity contribution in [2.75, 3.05) is 27.7 Å². The molecule has 0 atom stereocenters. The molecule has 0 unspecified atom stereocenters. The highest BCUT2D eigenvalue weighted by Gasteiger charge is 2.20. The summed E-state index contributed by atoms with van der Waals surface area (Å²) in [6.45, 7) is 1.11. The second-order valence-electron chi connectivity index (χ2n) is 6.52. The van der Waals surface area contributed by atoms with Gasteiger partial charge in [0.05, 0.1) is 17.8 Å². The van der Waals surface area contributed by atoms with Gasteiger partial charge in [-0.15, -0.1) is 0 Å². The van der Waals surface area contributed by atoms with Crippen LogP contribution in [0.25, 0.3) is 22.2 Å². The zero-order chi connectivity index (χ0) is 17.7. The average molecular weight is 351 g/mol. The van der Waals surface area contributed by atoms with Crippen molar-refractivity contribution < 1.29 is 18.9 Å². The SMILES string of the molecule is CN(C)Cc1nc(-c2ccc3c(c2)OCO3)c2cc3c(cc2n1)OCO3. The Kier molecular flexibility index (Phi) is 3.36. The number of nitrogens with zero attached hydrogens (tertiary/aromatic N) is 3. The van der Waals surface area contributed by atoms with Gasteiger partial charge in [0, 0.05) is 17.0 Å². The summed E-state index contributed by atoms with van der Waals surface area (Å²) in [6, 6.07) is 9.70. The molecule has 2 aliphatic heterocycles. The van der Waals surface area contributed by atoms with Crippen molar-refractivity contribution in [1.29, 1.82) is 0 Å². The normalized spacial score (nSPS) is 14.4. The van der Waals surface area contributed by atoms with Crippen molar-refractivity contribution in [3.05, 3.63) is 36.2 Å². The van der Waals surface area contributed by atoms with Gasteiger partial charge in [0.25, 0.3) is 0 Å². The molecule has 7 heteroatoms. The molecule has 0 N–H and O–H groups in total. The summed E-state index contributed by atoms with van der Waals surface area (Å²) >= 11 is 0. The van der Waals surface area contributed by atoms with E-state index in [1.165, 1.54) is 0 Å². The Labute approximate surface area is 150 Å². The second kappa shape index (κ2) is 5.74. The van der Waals surface area contributed by atoms with Crippen LogP contribution in [0, 0.1) is 0 Å². The molecule has 26 heavy (non-hydrogen) atoms. The number of ether oxygens (including phenoxy) is 4. The zero-order valence-electron chi connectivity index (χ0n) is 14.5. The Morgan fingerprint density at radius 2 is 1.54 bits per heavy atom. The summed E-state index contributed by atoms with van der Waals surface area (Å²) in [5.74, 6) is 3.64. The molecule has 0 spiro atoms. The number of fused-ring (bicyclic) bond motifs is 3. The van der Waals surface area contributed by atoms with Gasteiger partial charge in [-0.1, -0.05) is 0 Å². The highest BCUT2D eigenvalue weighted by atomic mass is 16.7. The van der Waals surface area contributed by atoms with Crippen LogP contribution in [-0.4, -0.2) is 42.5 Å². The number of hydrogen-bond acceptors (Lipinski definition) is 7. The van der Waals surface area contributed by atoms with E-state index in [2.05, 4.69) is 0 Å². The molecule has 7 nitrogen and oxygen atoms in total. The van der Waals surface area contributed by atoms with Gasteiger partial charge < -0.3 is 23.8 Å². The summed E-state index contributed by atoms with van der Waals surface area (Å²) in [5.41, 5.74) is 2.61. The lowest BCUT2D eigenvalue weighted by Crippen LogP contribution is -2.13. The fourth-order valence-corrected chi connectivity index (χ4v) is 3.18. The van der Waals surface area contributed by atoms with Gasteiger partial charge in [-0.2, -0.15) is 0 Å². The van der Waals surface area contributed by atoms with E-state index < -0.39 is 0 Å². The lowest BCUT2D eigenvalue weighted by atomic mass is 10.0. The Hall–Kier alpha value is -3.06. The molecule has 5 rings (SSSR count). The first-order valence-corrected chi connectivity index (χ1v) is 8.32. The Bertz CT molecular complexity index is 1020. The first-order chi connectivity index (χ1) is 12.7. The fraction of sp³-hybridized carbons (Fsp3) is 0.263. The standard InChI is InChI=1S/C19H17N3O4/c1-22(2)8-18-20-13-7-17-16(25-10-26-17)6-12(13)19(21-18)11-3-4-14-15(5-11)24-9-23-14/h3-7H,8-10H2,1-2H3. The lowest BCUT2D eigenvalue weighted by molar-refractivity contribution is 0.173. The molecule has 0 bridgehead atoms. The Morgan fingerprint density at radius 3 is 2.31 bits per heavy atom. The van der Waals surface area contributed by atoms with Crippen molar-refractivity contribution in [3.63, 3.8) is 0 Å². The highest BCUT2D eigenvalue weighted by Crippen LogP contribution is 2.41. The molecule has 0 saturated heterocycles. The van der Waals surface area contributed by atoms with Crippen molar-refractivity contribution in [1.82, 2.24) is 14.9 Å². The van der Waals surface area contributed by atoms with Gasteiger partial charge >= 0.3 is 0 Å². The minimum Gasteiger partial charge on any atom is -0.454 e. The summed E-state index contributed by atoms with van der Waals surface area (Å²) < 4.78 is 22.0. The zero-order valence-corrected chi connectivity index (χ0v) is 14.5. The maximum atomic E-state index is 5.54. The quantitative estimate of drug-likeness (QED) is 0.719. The van der Waals surface area contributed by atoms with Gasteiger partial charge in [0.2, 0.25) is 13.6 Å². The van der Waals surface area contributed by atoms with Crippen molar-refractivity contribution >= 4 is 10.9 Å². The highest BCUT2D eigenvalue weighted by molar-refractivity contribution is 5.95. The van der Waals surface area contributed by atoms with Crippen LogP contribution < -0.4 is 18.9 Å².